The van der Waals surface area contributed by atoms with Gasteiger partial charge in [-0.3, -0.25) is 9.59 Å². The van der Waals surface area contributed by atoms with Gasteiger partial charge in [0.2, 0.25) is 11.8 Å². The molecule has 0 spiro atoms. The van der Waals surface area contributed by atoms with Crippen molar-refractivity contribution >= 4 is 17.5 Å². The summed E-state index contributed by atoms with van der Waals surface area (Å²) in [4.78, 5) is 27.0. The monoisotopic (exact) mass is 262 g/mol. The lowest BCUT2D eigenvalue weighted by molar-refractivity contribution is -0.130. The molecule has 0 aliphatic carbocycles. The van der Waals surface area contributed by atoms with Crippen LogP contribution in [0, 0.1) is 0 Å². The second-order valence-electron chi connectivity index (χ2n) is 4.32. The minimum Gasteiger partial charge on any atom is -0.343 e. The number of amides is 2. The Morgan fingerprint density at radius 3 is 2.11 bits per heavy atom. The quantitative estimate of drug-likeness (QED) is 0.789. The predicted molar refractivity (Wildman–Crippen MR) is 77.0 cm³/mol. The molecule has 0 saturated carbocycles. The molecule has 19 heavy (non-hydrogen) atoms. The number of hydrogen-bond donors (Lipinski definition) is 0. The van der Waals surface area contributed by atoms with Gasteiger partial charge in [0.15, 0.2) is 0 Å². The Balaban J connectivity index is 2.66. The fraction of sp³-hybridized carbons (Fsp3) is 0.467. The number of rotatable bonds is 6. The summed E-state index contributed by atoms with van der Waals surface area (Å²) in [5, 5.41) is 0. The fourth-order valence-corrected chi connectivity index (χ4v) is 2.02. The normalized spacial score (nSPS) is 10.1. The van der Waals surface area contributed by atoms with Crippen molar-refractivity contribution in [3.63, 3.8) is 0 Å². The molecule has 0 aliphatic heterocycles. The topological polar surface area (TPSA) is 40.6 Å². The third-order valence-electron chi connectivity index (χ3n) is 3.11. The van der Waals surface area contributed by atoms with E-state index >= 15 is 0 Å². The summed E-state index contributed by atoms with van der Waals surface area (Å²) in [5.74, 6) is 0.0470. The molecule has 0 radical (unpaired) electrons. The predicted octanol–water partition coefficient (Wildman–Crippen LogP) is 2.30. The van der Waals surface area contributed by atoms with Gasteiger partial charge in [0, 0.05) is 38.7 Å². The number of anilines is 1. The van der Waals surface area contributed by atoms with Crippen LogP contribution in [0.3, 0.4) is 0 Å². The van der Waals surface area contributed by atoms with E-state index in [4.69, 9.17) is 0 Å². The van der Waals surface area contributed by atoms with Crippen LogP contribution in [-0.2, 0) is 9.59 Å². The van der Waals surface area contributed by atoms with E-state index in [1.54, 1.807) is 9.80 Å². The minimum absolute atomic E-state index is 0.0430. The summed E-state index contributed by atoms with van der Waals surface area (Å²) >= 11 is 0. The Bertz CT molecular complexity index is 413. The van der Waals surface area contributed by atoms with Crippen molar-refractivity contribution in [1.82, 2.24) is 4.90 Å². The third-order valence-corrected chi connectivity index (χ3v) is 3.11. The number of carbonyl (C=O) groups is 2. The average Bonchev–Trinajstić information content (AvgIpc) is 2.41. The van der Waals surface area contributed by atoms with Gasteiger partial charge in [0.25, 0.3) is 0 Å². The molecule has 2 amide bonds. The van der Waals surface area contributed by atoms with Gasteiger partial charge in [-0.25, -0.2) is 0 Å². The highest BCUT2D eigenvalue weighted by atomic mass is 16.2. The van der Waals surface area contributed by atoms with Gasteiger partial charge in [-0.05, 0) is 26.0 Å². The molecule has 1 aromatic rings. The number of para-hydroxylation sites is 1. The molecular weight excluding hydrogens is 240 g/mol. The summed E-state index contributed by atoms with van der Waals surface area (Å²) < 4.78 is 0. The SMILES string of the molecule is CCN(CC)C(=O)CCN(C(C)=O)c1ccccc1. The van der Waals surface area contributed by atoms with Crippen LogP contribution in [0.2, 0.25) is 0 Å². The summed E-state index contributed by atoms with van der Waals surface area (Å²) in [5.41, 5.74) is 0.836. The lowest BCUT2D eigenvalue weighted by Crippen LogP contribution is -2.36. The van der Waals surface area contributed by atoms with Crippen molar-refractivity contribution < 1.29 is 9.59 Å². The average molecular weight is 262 g/mol. The first-order valence-electron chi connectivity index (χ1n) is 6.71. The van der Waals surface area contributed by atoms with Gasteiger partial charge in [0.05, 0.1) is 0 Å². The van der Waals surface area contributed by atoms with Crippen LogP contribution in [0.15, 0.2) is 30.3 Å². The molecule has 0 saturated heterocycles. The molecule has 0 fully saturated rings. The number of carbonyl (C=O) groups excluding carboxylic acids is 2. The molecule has 0 N–H and O–H groups in total. The summed E-state index contributed by atoms with van der Waals surface area (Å²) in [6.45, 7) is 7.29. The highest BCUT2D eigenvalue weighted by molar-refractivity contribution is 5.92. The van der Waals surface area contributed by atoms with Crippen LogP contribution < -0.4 is 4.90 Å². The Kier molecular flexibility index (Phi) is 6.06. The van der Waals surface area contributed by atoms with E-state index in [1.807, 2.05) is 44.2 Å². The second-order valence-corrected chi connectivity index (χ2v) is 4.32. The molecule has 0 aliphatic rings. The van der Waals surface area contributed by atoms with E-state index in [2.05, 4.69) is 0 Å². The van der Waals surface area contributed by atoms with E-state index in [9.17, 15) is 9.59 Å². The first kappa shape index (κ1) is 15.2. The van der Waals surface area contributed by atoms with E-state index < -0.39 is 0 Å². The van der Waals surface area contributed by atoms with E-state index in [1.165, 1.54) is 6.92 Å². The molecule has 0 unspecified atom stereocenters. The lowest BCUT2D eigenvalue weighted by atomic mass is 10.2. The van der Waals surface area contributed by atoms with Crippen LogP contribution in [0.5, 0.6) is 0 Å². The minimum atomic E-state index is -0.0430. The zero-order valence-corrected chi connectivity index (χ0v) is 11.9. The molecule has 4 nitrogen and oxygen atoms in total. The van der Waals surface area contributed by atoms with Gasteiger partial charge < -0.3 is 9.80 Å². The highest BCUT2D eigenvalue weighted by Crippen LogP contribution is 2.14. The Labute approximate surface area is 115 Å². The molecular formula is C15H22N2O2. The molecule has 0 bridgehead atoms. The molecule has 0 aromatic heterocycles. The number of benzene rings is 1. The summed E-state index contributed by atoms with van der Waals surface area (Å²) in [7, 11) is 0. The molecule has 0 heterocycles. The maximum absolute atomic E-state index is 12.0. The van der Waals surface area contributed by atoms with Crippen molar-refractivity contribution in [3.05, 3.63) is 30.3 Å². The van der Waals surface area contributed by atoms with Crippen molar-refractivity contribution in [1.29, 1.82) is 0 Å². The highest BCUT2D eigenvalue weighted by Gasteiger charge is 2.15. The summed E-state index contributed by atoms with van der Waals surface area (Å²) in [6, 6.07) is 9.43. The van der Waals surface area contributed by atoms with Gasteiger partial charge >= 0.3 is 0 Å². The van der Waals surface area contributed by atoms with Crippen molar-refractivity contribution in [2.24, 2.45) is 0 Å². The first-order valence-corrected chi connectivity index (χ1v) is 6.71. The lowest BCUT2D eigenvalue weighted by Gasteiger charge is -2.23. The maximum atomic E-state index is 12.0. The number of hydrogen-bond acceptors (Lipinski definition) is 2. The number of nitrogens with zero attached hydrogens (tertiary/aromatic N) is 2. The maximum Gasteiger partial charge on any atom is 0.224 e. The standard InChI is InChI=1S/C15H22N2O2/c1-4-16(5-2)15(19)11-12-17(13(3)18)14-9-7-6-8-10-14/h6-10H,4-5,11-12H2,1-3H3. The zero-order valence-electron chi connectivity index (χ0n) is 11.9. The van der Waals surface area contributed by atoms with Gasteiger partial charge in [-0.15, -0.1) is 0 Å². The van der Waals surface area contributed by atoms with Crippen LogP contribution in [-0.4, -0.2) is 36.3 Å². The van der Waals surface area contributed by atoms with E-state index in [0.29, 0.717) is 26.1 Å². The van der Waals surface area contributed by atoms with E-state index in [-0.39, 0.29) is 11.8 Å². The Morgan fingerprint density at radius 1 is 1.05 bits per heavy atom. The zero-order chi connectivity index (χ0) is 14.3. The van der Waals surface area contributed by atoms with Crippen molar-refractivity contribution in [3.8, 4) is 0 Å². The first-order chi connectivity index (χ1) is 9.10. The third kappa shape index (κ3) is 4.39. The molecule has 1 rings (SSSR count). The Morgan fingerprint density at radius 2 is 1.63 bits per heavy atom. The second kappa shape index (κ2) is 7.56. The largest absolute Gasteiger partial charge is 0.343 e. The molecule has 1 aromatic carbocycles. The van der Waals surface area contributed by atoms with Crippen LogP contribution in [0.1, 0.15) is 27.2 Å². The fourth-order valence-electron chi connectivity index (χ4n) is 2.02. The molecule has 104 valence electrons. The van der Waals surface area contributed by atoms with Gasteiger partial charge in [0.1, 0.15) is 0 Å². The van der Waals surface area contributed by atoms with Crippen LogP contribution >= 0.6 is 0 Å². The molecule has 4 heteroatoms. The Hall–Kier alpha value is -1.84. The smallest absolute Gasteiger partial charge is 0.224 e. The summed E-state index contributed by atoms with van der Waals surface area (Å²) in [6.07, 6.45) is 0.357. The van der Waals surface area contributed by atoms with Crippen molar-refractivity contribution in [2.45, 2.75) is 27.2 Å². The van der Waals surface area contributed by atoms with Gasteiger partial charge in [-0.1, -0.05) is 18.2 Å². The van der Waals surface area contributed by atoms with Crippen molar-refractivity contribution in [2.75, 3.05) is 24.5 Å². The molecule has 0 atom stereocenters. The van der Waals surface area contributed by atoms with Crippen LogP contribution in [0.4, 0.5) is 5.69 Å². The van der Waals surface area contributed by atoms with E-state index in [0.717, 1.165) is 5.69 Å². The van der Waals surface area contributed by atoms with Crippen LogP contribution in [0.25, 0.3) is 0 Å². The van der Waals surface area contributed by atoms with Gasteiger partial charge in [-0.2, -0.15) is 0 Å².